The van der Waals surface area contributed by atoms with Crippen molar-refractivity contribution in [1.82, 2.24) is 5.32 Å². The molecule has 0 radical (unpaired) electrons. The van der Waals surface area contributed by atoms with Crippen LogP contribution in [0.2, 0.25) is 0 Å². The Balaban J connectivity index is 2.90. The molecule has 0 aliphatic carbocycles. The molecule has 7 nitrogen and oxygen atoms in total. The van der Waals surface area contributed by atoms with Crippen LogP contribution in [0.4, 0.5) is 5.69 Å². The molecule has 0 unspecified atom stereocenters. The van der Waals surface area contributed by atoms with Gasteiger partial charge in [0.15, 0.2) is 0 Å². The highest BCUT2D eigenvalue weighted by Crippen LogP contribution is 2.24. The van der Waals surface area contributed by atoms with E-state index in [2.05, 4.69) is 5.32 Å². The first-order valence-electron chi connectivity index (χ1n) is 7.80. The van der Waals surface area contributed by atoms with Gasteiger partial charge in [-0.25, -0.2) is 8.42 Å². The van der Waals surface area contributed by atoms with Crippen molar-refractivity contribution >= 4 is 21.6 Å². The standard InChI is InChI=1S/C16H26N2O5S/c1-5-23-15-9-7-14(8-10-15)18(24(4,20)21)13(2)16(19)17-11-6-12-22-3/h7-10,13H,5-6,11-12H2,1-4H3,(H,17,19)/t13-/m0/s1. The average Bonchev–Trinajstić information content (AvgIpc) is 2.52. The predicted octanol–water partition coefficient (Wildman–Crippen LogP) is 1.39. The summed E-state index contributed by atoms with van der Waals surface area (Å²) in [7, 11) is -2.03. The number of amides is 1. The maximum atomic E-state index is 12.3. The summed E-state index contributed by atoms with van der Waals surface area (Å²) in [5, 5.41) is 2.72. The predicted molar refractivity (Wildman–Crippen MR) is 93.9 cm³/mol. The van der Waals surface area contributed by atoms with Gasteiger partial charge in [-0.3, -0.25) is 9.10 Å². The summed E-state index contributed by atoms with van der Waals surface area (Å²) in [6, 6.07) is 5.75. The van der Waals surface area contributed by atoms with Crippen LogP contribution < -0.4 is 14.4 Å². The van der Waals surface area contributed by atoms with Gasteiger partial charge in [-0.15, -0.1) is 0 Å². The highest BCUT2D eigenvalue weighted by Gasteiger charge is 2.28. The Morgan fingerprint density at radius 2 is 1.92 bits per heavy atom. The summed E-state index contributed by atoms with van der Waals surface area (Å²) < 4.78 is 35.7. The maximum Gasteiger partial charge on any atom is 0.243 e. The molecule has 1 atom stereocenters. The highest BCUT2D eigenvalue weighted by molar-refractivity contribution is 7.92. The van der Waals surface area contributed by atoms with Crippen molar-refractivity contribution in [2.45, 2.75) is 26.3 Å². The fourth-order valence-electron chi connectivity index (χ4n) is 2.24. The molecule has 1 N–H and O–H groups in total. The Morgan fingerprint density at radius 3 is 2.42 bits per heavy atom. The first-order chi connectivity index (χ1) is 11.3. The molecular weight excluding hydrogens is 332 g/mol. The second-order valence-electron chi connectivity index (χ2n) is 5.30. The van der Waals surface area contributed by atoms with Gasteiger partial charge in [0.1, 0.15) is 11.8 Å². The van der Waals surface area contributed by atoms with Crippen molar-refractivity contribution in [3.63, 3.8) is 0 Å². The molecule has 0 spiro atoms. The molecule has 0 aromatic heterocycles. The van der Waals surface area contributed by atoms with E-state index in [-0.39, 0.29) is 5.91 Å². The molecule has 136 valence electrons. The molecule has 0 bridgehead atoms. The summed E-state index contributed by atoms with van der Waals surface area (Å²) >= 11 is 0. The number of hydrogen-bond donors (Lipinski definition) is 1. The second-order valence-corrected chi connectivity index (χ2v) is 7.16. The topological polar surface area (TPSA) is 84.9 Å². The average molecular weight is 358 g/mol. The van der Waals surface area contributed by atoms with E-state index in [0.29, 0.717) is 37.6 Å². The van der Waals surface area contributed by atoms with Crippen LogP contribution in [0.1, 0.15) is 20.3 Å². The number of carbonyl (C=O) groups excluding carboxylic acids is 1. The number of nitrogens with zero attached hydrogens (tertiary/aromatic N) is 1. The molecule has 1 amide bonds. The minimum absolute atomic E-state index is 0.356. The number of hydrogen-bond acceptors (Lipinski definition) is 5. The minimum Gasteiger partial charge on any atom is -0.494 e. The number of benzene rings is 1. The zero-order valence-corrected chi connectivity index (χ0v) is 15.4. The fourth-order valence-corrected chi connectivity index (χ4v) is 3.42. The van der Waals surface area contributed by atoms with Crippen LogP contribution in [0.3, 0.4) is 0 Å². The summed E-state index contributed by atoms with van der Waals surface area (Å²) in [5.41, 5.74) is 0.417. The Hall–Kier alpha value is -1.80. The lowest BCUT2D eigenvalue weighted by molar-refractivity contribution is -0.121. The van der Waals surface area contributed by atoms with E-state index in [9.17, 15) is 13.2 Å². The zero-order chi connectivity index (χ0) is 18.2. The zero-order valence-electron chi connectivity index (χ0n) is 14.6. The van der Waals surface area contributed by atoms with Crippen LogP contribution in [0.15, 0.2) is 24.3 Å². The van der Waals surface area contributed by atoms with Gasteiger partial charge in [0.25, 0.3) is 0 Å². The fraction of sp³-hybridized carbons (Fsp3) is 0.562. The lowest BCUT2D eigenvalue weighted by Gasteiger charge is -2.28. The number of methoxy groups -OCH3 is 1. The lowest BCUT2D eigenvalue weighted by atomic mass is 10.2. The molecule has 1 aromatic rings. The van der Waals surface area contributed by atoms with Crippen molar-refractivity contribution < 1.29 is 22.7 Å². The van der Waals surface area contributed by atoms with Gasteiger partial charge in [0.05, 0.1) is 18.6 Å². The van der Waals surface area contributed by atoms with Gasteiger partial charge < -0.3 is 14.8 Å². The molecule has 0 aliphatic heterocycles. The molecule has 0 fully saturated rings. The normalized spacial score (nSPS) is 12.5. The van der Waals surface area contributed by atoms with Crippen molar-refractivity contribution in [1.29, 1.82) is 0 Å². The van der Waals surface area contributed by atoms with E-state index in [0.717, 1.165) is 10.6 Å². The van der Waals surface area contributed by atoms with Crippen molar-refractivity contribution in [2.24, 2.45) is 0 Å². The first-order valence-corrected chi connectivity index (χ1v) is 9.65. The monoisotopic (exact) mass is 358 g/mol. The highest BCUT2D eigenvalue weighted by atomic mass is 32.2. The van der Waals surface area contributed by atoms with Crippen molar-refractivity contribution in [2.75, 3.05) is 37.4 Å². The molecule has 8 heteroatoms. The largest absolute Gasteiger partial charge is 0.494 e. The SMILES string of the molecule is CCOc1ccc(N([C@@H](C)C(=O)NCCCOC)S(C)(=O)=O)cc1. The molecular formula is C16H26N2O5S. The van der Waals surface area contributed by atoms with Crippen molar-refractivity contribution in [3.8, 4) is 5.75 Å². The van der Waals surface area contributed by atoms with Crippen LogP contribution >= 0.6 is 0 Å². The number of nitrogens with one attached hydrogen (secondary N) is 1. The third kappa shape index (κ3) is 6.01. The van der Waals surface area contributed by atoms with E-state index in [1.165, 1.54) is 0 Å². The molecule has 0 heterocycles. The quantitative estimate of drug-likeness (QED) is 0.639. The Labute approximate surface area is 144 Å². The molecule has 0 saturated heterocycles. The van der Waals surface area contributed by atoms with E-state index < -0.39 is 16.1 Å². The minimum atomic E-state index is -3.62. The lowest BCUT2D eigenvalue weighted by Crippen LogP contribution is -2.48. The van der Waals surface area contributed by atoms with Crippen LogP contribution in [-0.4, -0.2) is 53.5 Å². The summed E-state index contributed by atoms with van der Waals surface area (Å²) in [6.07, 6.45) is 1.75. The van der Waals surface area contributed by atoms with Gasteiger partial charge in [-0.05, 0) is 44.5 Å². The van der Waals surface area contributed by atoms with Gasteiger partial charge in [-0.2, -0.15) is 0 Å². The molecule has 0 saturated carbocycles. The van der Waals surface area contributed by atoms with Gasteiger partial charge in [-0.1, -0.05) is 0 Å². The second kappa shape index (κ2) is 9.48. The molecule has 1 rings (SSSR count). The summed E-state index contributed by atoms with van der Waals surface area (Å²) in [5.74, 6) is 0.289. The third-order valence-corrected chi connectivity index (χ3v) is 4.56. The van der Waals surface area contributed by atoms with E-state index in [4.69, 9.17) is 9.47 Å². The Morgan fingerprint density at radius 1 is 1.29 bits per heavy atom. The van der Waals surface area contributed by atoms with Crippen LogP contribution in [0.5, 0.6) is 5.75 Å². The number of carbonyl (C=O) groups is 1. The van der Waals surface area contributed by atoms with E-state index >= 15 is 0 Å². The number of ether oxygens (including phenoxy) is 2. The van der Waals surface area contributed by atoms with Crippen LogP contribution in [0, 0.1) is 0 Å². The maximum absolute atomic E-state index is 12.3. The smallest absolute Gasteiger partial charge is 0.243 e. The van der Waals surface area contributed by atoms with Gasteiger partial charge in [0.2, 0.25) is 15.9 Å². The molecule has 24 heavy (non-hydrogen) atoms. The number of rotatable bonds is 10. The van der Waals surface area contributed by atoms with E-state index in [1.807, 2.05) is 6.92 Å². The summed E-state index contributed by atoms with van der Waals surface area (Å²) in [6.45, 7) is 4.91. The molecule has 0 aliphatic rings. The third-order valence-electron chi connectivity index (χ3n) is 3.32. The van der Waals surface area contributed by atoms with Gasteiger partial charge >= 0.3 is 0 Å². The van der Waals surface area contributed by atoms with Crippen LogP contribution in [-0.2, 0) is 19.6 Å². The summed E-state index contributed by atoms with van der Waals surface area (Å²) in [4.78, 5) is 12.3. The van der Waals surface area contributed by atoms with Gasteiger partial charge in [0, 0.05) is 20.3 Å². The van der Waals surface area contributed by atoms with Crippen molar-refractivity contribution in [3.05, 3.63) is 24.3 Å². The Bertz CT molecular complexity index is 616. The Kier molecular flexibility index (Phi) is 8.00. The first kappa shape index (κ1) is 20.2. The number of anilines is 1. The molecule has 1 aromatic carbocycles. The van der Waals surface area contributed by atoms with E-state index in [1.54, 1.807) is 38.3 Å². The number of sulfonamides is 1. The van der Waals surface area contributed by atoms with Crippen LogP contribution in [0.25, 0.3) is 0 Å².